The number of halogens is 1. The topological polar surface area (TPSA) is 35.5 Å². The SMILES string of the molecule is COc1c(C(C)(C)C)cc2cc(Br)ccc2c1-c1c(S(=O)OC)c(C(C)(C)C)cc2ccccc12. The molecule has 5 heteroatoms. The molecule has 4 aromatic rings. The second-order valence-corrected chi connectivity index (χ2v) is 13.1. The molecule has 0 heterocycles. The lowest BCUT2D eigenvalue weighted by molar-refractivity contribution is 0.400. The van der Waals surface area contributed by atoms with Gasteiger partial charge in [-0.05, 0) is 62.2 Å². The number of hydrogen-bond donors (Lipinski definition) is 0. The molecule has 184 valence electrons. The number of benzene rings is 4. The molecule has 1 unspecified atom stereocenters. The van der Waals surface area contributed by atoms with Crippen LogP contribution in [0.15, 0.2) is 64.0 Å². The molecule has 0 aliphatic heterocycles. The van der Waals surface area contributed by atoms with Crippen LogP contribution >= 0.6 is 15.9 Å². The highest BCUT2D eigenvalue weighted by Gasteiger charge is 2.31. The molecule has 0 aromatic heterocycles. The van der Waals surface area contributed by atoms with Gasteiger partial charge in [-0.3, -0.25) is 4.18 Å². The average Bonchev–Trinajstić information content (AvgIpc) is 2.79. The molecular formula is C30H33BrO3S. The fraction of sp³-hybridized carbons (Fsp3) is 0.333. The summed E-state index contributed by atoms with van der Waals surface area (Å²) in [4.78, 5) is 0.701. The van der Waals surface area contributed by atoms with Crippen molar-refractivity contribution in [3.63, 3.8) is 0 Å². The molecule has 0 fully saturated rings. The van der Waals surface area contributed by atoms with Gasteiger partial charge in [0.05, 0.1) is 19.1 Å². The second-order valence-electron chi connectivity index (χ2n) is 10.9. The summed E-state index contributed by atoms with van der Waals surface area (Å²) in [6.07, 6.45) is 0. The Kier molecular flexibility index (Phi) is 6.91. The molecule has 0 amide bonds. The Morgan fingerprint density at radius 1 is 0.743 bits per heavy atom. The van der Waals surface area contributed by atoms with Crippen molar-refractivity contribution < 1.29 is 13.1 Å². The van der Waals surface area contributed by atoms with Crippen molar-refractivity contribution in [2.75, 3.05) is 14.2 Å². The number of fused-ring (bicyclic) bond motifs is 2. The minimum Gasteiger partial charge on any atom is -0.496 e. The van der Waals surface area contributed by atoms with Gasteiger partial charge in [0.25, 0.3) is 0 Å². The summed E-state index contributed by atoms with van der Waals surface area (Å²) in [6, 6.07) is 19.0. The van der Waals surface area contributed by atoms with E-state index < -0.39 is 11.1 Å². The molecule has 3 nitrogen and oxygen atoms in total. The molecular weight excluding hydrogens is 520 g/mol. The number of rotatable bonds is 4. The molecule has 0 bridgehead atoms. The Labute approximate surface area is 219 Å². The molecule has 0 saturated heterocycles. The van der Waals surface area contributed by atoms with Gasteiger partial charge in [0, 0.05) is 21.2 Å². The minimum absolute atomic E-state index is 0.172. The molecule has 1 atom stereocenters. The fourth-order valence-electron chi connectivity index (χ4n) is 4.77. The van der Waals surface area contributed by atoms with Crippen molar-refractivity contribution in [1.82, 2.24) is 0 Å². The van der Waals surface area contributed by atoms with Gasteiger partial charge in [0.1, 0.15) is 5.75 Å². The summed E-state index contributed by atoms with van der Waals surface area (Å²) in [7, 11) is 3.22. The zero-order valence-corrected chi connectivity index (χ0v) is 24.1. The molecule has 0 aliphatic rings. The summed E-state index contributed by atoms with van der Waals surface area (Å²) in [5, 5.41) is 4.26. The Morgan fingerprint density at radius 3 is 1.94 bits per heavy atom. The Morgan fingerprint density at radius 2 is 1.34 bits per heavy atom. The first-order valence-corrected chi connectivity index (χ1v) is 13.6. The van der Waals surface area contributed by atoms with E-state index in [0.29, 0.717) is 4.90 Å². The van der Waals surface area contributed by atoms with Gasteiger partial charge >= 0.3 is 0 Å². The molecule has 0 spiro atoms. The van der Waals surface area contributed by atoms with Gasteiger partial charge in [0.15, 0.2) is 11.1 Å². The van der Waals surface area contributed by atoms with Crippen LogP contribution in [0.5, 0.6) is 5.75 Å². The minimum atomic E-state index is -1.67. The van der Waals surface area contributed by atoms with Crippen molar-refractivity contribution in [3.8, 4) is 16.9 Å². The van der Waals surface area contributed by atoms with E-state index in [9.17, 15) is 4.21 Å². The van der Waals surface area contributed by atoms with E-state index in [1.54, 1.807) is 7.11 Å². The third-order valence-corrected chi connectivity index (χ3v) is 8.00. The van der Waals surface area contributed by atoms with Crippen molar-refractivity contribution in [1.29, 1.82) is 0 Å². The lowest BCUT2D eigenvalue weighted by Crippen LogP contribution is -2.17. The van der Waals surface area contributed by atoms with Crippen LogP contribution in [0.3, 0.4) is 0 Å². The van der Waals surface area contributed by atoms with Crippen LogP contribution in [-0.4, -0.2) is 18.4 Å². The first kappa shape index (κ1) is 25.9. The fourth-order valence-corrected chi connectivity index (χ4v) is 6.24. The predicted molar refractivity (Wildman–Crippen MR) is 152 cm³/mol. The normalized spacial score (nSPS) is 13.4. The van der Waals surface area contributed by atoms with E-state index in [-0.39, 0.29) is 10.8 Å². The number of hydrogen-bond acceptors (Lipinski definition) is 3. The van der Waals surface area contributed by atoms with Crippen LogP contribution in [0.2, 0.25) is 0 Å². The molecule has 0 N–H and O–H groups in total. The maximum Gasteiger partial charge on any atom is 0.189 e. The molecule has 4 rings (SSSR count). The van der Waals surface area contributed by atoms with Crippen LogP contribution in [0.1, 0.15) is 52.7 Å². The molecule has 35 heavy (non-hydrogen) atoms. The third kappa shape index (κ3) is 4.66. The van der Waals surface area contributed by atoms with Gasteiger partial charge in [-0.15, -0.1) is 0 Å². The maximum atomic E-state index is 13.6. The van der Waals surface area contributed by atoms with Crippen molar-refractivity contribution in [2.45, 2.75) is 57.3 Å². The summed E-state index contributed by atoms with van der Waals surface area (Å²) in [5.74, 6) is 0.804. The predicted octanol–water partition coefficient (Wildman–Crippen LogP) is 8.70. The van der Waals surface area contributed by atoms with Gasteiger partial charge in [0.2, 0.25) is 0 Å². The smallest absolute Gasteiger partial charge is 0.189 e. The van der Waals surface area contributed by atoms with Crippen LogP contribution < -0.4 is 4.74 Å². The number of methoxy groups -OCH3 is 1. The standard InChI is InChI=1S/C30H33BrO3S/c1-29(2,3)23-17-19-15-20(31)13-14-22(19)25(27(23)33-7)26-21-12-10-9-11-18(21)16-24(30(4,5)6)28(26)35(32)34-8/h9-17H,1-8H3. The lowest BCUT2D eigenvalue weighted by atomic mass is 9.79. The largest absolute Gasteiger partial charge is 0.496 e. The molecule has 0 saturated carbocycles. The first-order valence-electron chi connectivity index (χ1n) is 11.7. The molecule has 0 aliphatic carbocycles. The first-order chi connectivity index (χ1) is 16.4. The monoisotopic (exact) mass is 552 g/mol. The van der Waals surface area contributed by atoms with E-state index in [2.05, 4.69) is 93.9 Å². The van der Waals surface area contributed by atoms with Crippen molar-refractivity contribution in [3.05, 3.63) is 70.2 Å². The van der Waals surface area contributed by atoms with Gasteiger partial charge in [-0.2, -0.15) is 0 Å². The number of ether oxygens (including phenoxy) is 1. The summed E-state index contributed by atoms with van der Waals surface area (Å²) < 4.78 is 26.3. The van der Waals surface area contributed by atoms with Gasteiger partial charge < -0.3 is 4.74 Å². The Balaban J connectivity index is 2.37. The molecule has 4 aromatic carbocycles. The van der Waals surface area contributed by atoms with E-state index in [0.717, 1.165) is 54.0 Å². The average molecular weight is 554 g/mol. The summed E-state index contributed by atoms with van der Waals surface area (Å²) in [5.41, 5.74) is 3.53. The highest BCUT2D eigenvalue weighted by Crippen LogP contribution is 2.50. The van der Waals surface area contributed by atoms with Crippen molar-refractivity contribution >= 4 is 48.6 Å². The van der Waals surface area contributed by atoms with Crippen molar-refractivity contribution in [2.24, 2.45) is 0 Å². The summed E-state index contributed by atoms with van der Waals surface area (Å²) in [6.45, 7) is 13.0. The van der Waals surface area contributed by atoms with Crippen LogP contribution in [-0.2, 0) is 26.1 Å². The third-order valence-electron chi connectivity index (χ3n) is 6.44. The molecule has 0 radical (unpaired) electrons. The maximum absolute atomic E-state index is 13.6. The second kappa shape index (κ2) is 9.34. The zero-order valence-electron chi connectivity index (χ0n) is 21.7. The van der Waals surface area contributed by atoms with Crippen LogP contribution in [0.25, 0.3) is 32.7 Å². The van der Waals surface area contributed by atoms with Crippen LogP contribution in [0, 0.1) is 0 Å². The van der Waals surface area contributed by atoms with E-state index in [1.165, 1.54) is 7.11 Å². The van der Waals surface area contributed by atoms with E-state index in [4.69, 9.17) is 8.92 Å². The highest BCUT2D eigenvalue weighted by atomic mass is 79.9. The van der Waals surface area contributed by atoms with E-state index >= 15 is 0 Å². The zero-order chi connectivity index (χ0) is 25.7. The Hall–Kier alpha value is -2.21. The van der Waals surface area contributed by atoms with Crippen LogP contribution in [0.4, 0.5) is 0 Å². The van der Waals surface area contributed by atoms with Gasteiger partial charge in [-0.1, -0.05) is 87.8 Å². The quantitative estimate of drug-likeness (QED) is 0.254. The van der Waals surface area contributed by atoms with Gasteiger partial charge in [-0.25, -0.2) is 4.21 Å². The van der Waals surface area contributed by atoms with E-state index in [1.807, 2.05) is 18.2 Å². The summed E-state index contributed by atoms with van der Waals surface area (Å²) >= 11 is 1.98. The lowest BCUT2D eigenvalue weighted by Gasteiger charge is -2.29. The highest BCUT2D eigenvalue weighted by molar-refractivity contribution is 9.10. The Bertz CT molecular complexity index is 1460.